The molecule has 0 amide bonds. The molecule has 0 atom stereocenters. The molecule has 3 nitrogen and oxygen atoms in total. The summed E-state index contributed by atoms with van der Waals surface area (Å²) >= 11 is 13.6. The number of nitrogens with zero attached hydrogens (tertiary/aromatic N) is 1. The lowest BCUT2D eigenvalue weighted by Crippen LogP contribution is -2.15. The number of benzene rings is 1. The molecule has 0 fully saturated rings. The van der Waals surface area contributed by atoms with Gasteiger partial charge in [-0.2, -0.15) is 0 Å². The third-order valence-electron chi connectivity index (χ3n) is 2.74. The van der Waals surface area contributed by atoms with Crippen LogP contribution in [0.3, 0.4) is 0 Å². The molecule has 0 N–H and O–H groups in total. The van der Waals surface area contributed by atoms with E-state index in [9.17, 15) is 0 Å². The summed E-state index contributed by atoms with van der Waals surface area (Å²) in [7, 11) is 0. The van der Waals surface area contributed by atoms with Crippen LogP contribution < -0.4 is 9.47 Å². The van der Waals surface area contributed by atoms with Gasteiger partial charge in [0.15, 0.2) is 11.5 Å². The first-order chi connectivity index (χ1) is 9.72. The maximum atomic E-state index is 6.20. The van der Waals surface area contributed by atoms with Crippen molar-refractivity contribution in [3.8, 4) is 11.5 Å². The summed E-state index contributed by atoms with van der Waals surface area (Å²) in [5.74, 6) is 2.10. The van der Waals surface area contributed by atoms with Crippen LogP contribution in [0.15, 0.2) is 35.5 Å². The van der Waals surface area contributed by atoms with Crippen LogP contribution in [0, 0.1) is 0 Å². The average molecular weight is 328 g/mol. The highest BCUT2D eigenvalue weighted by molar-refractivity contribution is 7.98. The fraction of sp³-hybridized carbons (Fsp3) is 0.214. The lowest BCUT2D eigenvalue weighted by molar-refractivity contribution is 0.171. The molecular formula is C14H11Cl2NO2S. The van der Waals surface area contributed by atoms with E-state index in [1.807, 2.05) is 24.3 Å². The van der Waals surface area contributed by atoms with Gasteiger partial charge >= 0.3 is 0 Å². The fourth-order valence-corrected chi connectivity index (χ4v) is 3.02. The van der Waals surface area contributed by atoms with E-state index in [1.54, 1.807) is 18.0 Å². The molecule has 1 aromatic heterocycles. The quantitative estimate of drug-likeness (QED) is 0.779. The molecule has 3 rings (SSSR count). The standard InChI is InChI=1S/C14H11Cl2NO2S/c15-10-1-2-13(17-7-10)20-8-9-5-11(16)14-12(6-9)18-3-4-19-14/h1-2,5-7H,3-4,8H2. The van der Waals surface area contributed by atoms with Crippen molar-refractivity contribution in [2.45, 2.75) is 10.8 Å². The molecular weight excluding hydrogens is 317 g/mol. The van der Waals surface area contributed by atoms with Crippen LogP contribution in [0.5, 0.6) is 11.5 Å². The topological polar surface area (TPSA) is 31.4 Å². The molecule has 0 aliphatic carbocycles. The lowest BCUT2D eigenvalue weighted by atomic mass is 10.2. The summed E-state index contributed by atoms with van der Waals surface area (Å²) in [6, 6.07) is 7.58. The predicted molar refractivity (Wildman–Crippen MR) is 81.3 cm³/mol. The summed E-state index contributed by atoms with van der Waals surface area (Å²) in [5, 5.41) is 2.14. The number of pyridine rings is 1. The van der Waals surface area contributed by atoms with Gasteiger partial charge in [0.1, 0.15) is 13.2 Å². The van der Waals surface area contributed by atoms with Crippen LogP contribution >= 0.6 is 35.0 Å². The largest absolute Gasteiger partial charge is 0.486 e. The third-order valence-corrected chi connectivity index (χ3v) is 4.26. The van der Waals surface area contributed by atoms with Gasteiger partial charge in [-0.3, -0.25) is 0 Å². The summed E-state index contributed by atoms with van der Waals surface area (Å²) < 4.78 is 11.1. The van der Waals surface area contributed by atoms with Gasteiger partial charge in [0, 0.05) is 11.9 Å². The van der Waals surface area contributed by atoms with Crippen LogP contribution in [0.25, 0.3) is 0 Å². The Balaban J connectivity index is 1.74. The fourth-order valence-electron chi connectivity index (χ4n) is 1.85. The smallest absolute Gasteiger partial charge is 0.179 e. The van der Waals surface area contributed by atoms with Gasteiger partial charge in [-0.1, -0.05) is 23.2 Å². The van der Waals surface area contributed by atoms with Crippen molar-refractivity contribution in [3.63, 3.8) is 0 Å². The van der Waals surface area contributed by atoms with E-state index < -0.39 is 0 Å². The molecule has 0 spiro atoms. The van der Waals surface area contributed by atoms with Crippen molar-refractivity contribution in [2.24, 2.45) is 0 Å². The maximum Gasteiger partial charge on any atom is 0.179 e. The first-order valence-corrected chi connectivity index (χ1v) is 7.79. The molecule has 0 unspecified atom stereocenters. The van der Waals surface area contributed by atoms with E-state index in [0.29, 0.717) is 34.8 Å². The molecule has 0 radical (unpaired) electrons. The van der Waals surface area contributed by atoms with E-state index in [-0.39, 0.29) is 0 Å². The second kappa shape index (κ2) is 6.12. The Hall–Kier alpha value is -1.10. The summed E-state index contributed by atoms with van der Waals surface area (Å²) in [4.78, 5) is 4.25. The lowest BCUT2D eigenvalue weighted by Gasteiger charge is -2.20. The molecule has 0 saturated heterocycles. The molecule has 2 aromatic rings. The molecule has 104 valence electrons. The Morgan fingerprint density at radius 2 is 2.00 bits per heavy atom. The van der Waals surface area contributed by atoms with Crippen molar-refractivity contribution >= 4 is 35.0 Å². The van der Waals surface area contributed by atoms with Gasteiger partial charge in [-0.15, -0.1) is 11.8 Å². The molecule has 1 aliphatic heterocycles. The van der Waals surface area contributed by atoms with Crippen LogP contribution in [0.4, 0.5) is 0 Å². The second-order valence-corrected chi connectivity index (χ2v) is 6.04. The van der Waals surface area contributed by atoms with Crippen LogP contribution in [-0.2, 0) is 5.75 Å². The van der Waals surface area contributed by atoms with Crippen molar-refractivity contribution < 1.29 is 9.47 Å². The Morgan fingerprint density at radius 1 is 1.15 bits per heavy atom. The zero-order chi connectivity index (χ0) is 13.9. The zero-order valence-electron chi connectivity index (χ0n) is 10.4. The van der Waals surface area contributed by atoms with Gasteiger partial charge in [-0.25, -0.2) is 4.98 Å². The number of ether oxygens (including phenoxy) is 2. The first kappa shape index (κ1) is 13.9. The van der Waals surface area contributed by atoms with Gasteiger partial charge < -0.3 is 9.47 Å². The number of thioether (sulfide) groups is 1. The van der Waals surface area contributed by atoms with Crippen molar-refractivity contribution in [1.82, 2.24) is 4.98 Å². The van der Waals surface area contributed by atoms with Crippen molar-refractivity contribution in [3.05, 3.63) is 46.1 Å². The average Bonchev–Trinajstić information content (AvgIpc) is 2.47. The highest BCUT2D eigenvalue weighted by Gasteiger charge is 2.16. The number of hydrogen-bond donors (Lipinski definition) is 0. The number of fused-ring (bicyclic) bond motifs is 1. The van der Waals surface area contributed by atoms with Gasteiger partial charge in [0.05, 0.1) is 15.1 Å². The van der Waals surface area contributed by atoms with Crippen molar-refractivity contribution in [1.29, 1.82) is 0 Å². The minimum absolute atomic E-state index is 0.537. The molecule has 6 heteroatoms. The normalized spacial score (nSPS) is 13.3. The number of hydrogen-bond acceptors (Lipinski definition) is 4. The molecule has 0 bridgehead atoms. The van der Waals surface area contributed by atoms with Crippen LogP contribution in [0.2, 0.25) is 10.0 Å². The van der Waals surface area contributed by atoms with Gasteiger partial charge in [-0.05, 0) is 29.8 Å². The first-order valence-electron chi connectivity index (χ1n) is 6.05. The molecule has 0 saturated carbocycles. The van der Waals surface area contributed by atoms with Gasteiger partial charge in [0.25, 0.3) is 0 Å². The minimum atomic E-state index is 0.537. The van der Waals surface area contributed by atoms with E-state index in [4.69, 9.17) is 32.7 Å². The Bertz CT molecular complexity index is 619. The van der Waals surface area contributed by atoms with E-state index in [2.05, 4.69) is 4.98 Å². The minimum Gasteiger partial charge on any atom is -0.486 e. The second-order valence-electron chi connectivity index (χ2n) is 4.21. The SMILES string of the molecule is Clc1ccc(SCc2cc(Cl)c3c(c2)OCCO3)nc1. The summed E-state index contributed by atoms with van der Waals surface area (Å²) in [6.45, 7) is 1.09. The number of aromatic nitrogens is 1. The van der Waals surface area contributed by atoms with Gasteiger partial charge in [0.2, 0.25) is 0 Å². The summed E-state index contributed by atoms with van der Waals surface area (Å²) in [6.07, 6.45) is 1.64. The maximum absolute atomic E-state index is 6.20. The highest BCUT2D eigenvalue weighted by Crippen LogP contribution is 2.39. The van der Waals surface area contributed by atoms with E-state index in [0.717, 1.165) is 16.3 Å². The Labute approximate surface area is 131 Å². The number of rotatable bonds is 3. The molecule has 1 aliphatic rings. The van der Waals surface area contributed by atoms with Crippen molar-refractivity contribution in [2.75, 3.05) is 13.2 Å². The van der Waals surface area contributed by atoms with Crippen LogP contribution in [-0.4, -0.2) is 18.2 Å². The monoisotopic (exact) mass is 327 g/mol. The highest BCUT2D eigenvalue weighted by atomic mass is 35.5. The predicted octanol–water partition coefficient (Wildman–Crippen LogP) is 4.45. The van der Waals surface area contributed by atoms with Crippen LogP contribution in [0.1, 0.15) is 5.56 Å². The number of halogens is 2. The molecule has 20 heavy (non-hydrogen) atoms. The third kappa shape index (κ3) is 3.14. The zero-order valence-corrected chi connectivity index (χ0v) is 12.8. The Morgan fingerprint density at radius 3 is 2.80 bits per heavy atom. The molecule has 1 aromatic carbocycles. The molecule has 2 heterocycles. The van der Waals surface area contributed by atoms with E-state index >= 15 is 0 Å². The van der Waals surface area contributed by atoms with E-state index in [1.165, 1.54) is 0 Å². The summed E-state index contributed by atoms with van der Waals surface area (Å²) in [5.41, 5.74) is 1.07. The Kier molecular flexibility index (Phi) is 4.24.